The minimum absolute atomic E-state index is 0.0993. The Morgan fingerprint density at radius 2 is 1.87 bits per heavy atom. The van der Waals surface area contributed by atoms with Gasteiger partial charge in [-0.1, -0.05) is 22.9 Å². The molecule has 10 nitrogen and oxygen atoms in total. The molecule has 0 unspecified atom stereocenters. The number of benzene rings is 1. The number of aromatic nitrogens is 1. The number of nitrogens with zero attached hydrogens (tertiary/aromatic N) is 4. The van der Waals surface area contributed by atoms with E-state index in [1.807, 2.05) is 31.2 Å². The fourth-order valence-electron chi connectivity index (χ4n) is 3.59. The van der Waals surface area contributed by atoms with E-state index in [0.717, 1.165) is 5.56 Å². The van der Waals surface area contributed by atoms with E-state index in [4.69, 9.17) is 4.52 Å². The summed E-state index contributed by atoms with van der Waals surface area (Å²) in [7, 11) is 0. The van der Waals surface area contributed by atoms with E-state index in [1.54, 1.807) is 17.9 Å². The summed E-state index contributed by atoms with van der Waals surface area (Å²) in [6, 6.07) is 9.08. The molecule has 2 aliphatic heterocycles. The molecule has 2 N–H and O–H groups in total. The Balaban J connectivity index is 1.34. The van der Waals surface area contributed by atoms with Gasteiger partial charge in [0, 0.05) is 25.1 Å². The van der Waals surface area contributed by atoms with Crippen molar-refractivity contribution in [1.82, 2.24) is 15.5 Å². The number of hydrogen-bond donors (Lipinski definition) is 2. The van der Waals surface area contributed by atoms with Crippen LogP contribution in [0.1, 0.15) is 24.2 Å². The van der Waals surface area contributed by atoms with Gasteiger partial charge in [0.25, 0.3) is 11.8 Å². The van der Waals surface area contributed by atoms with Crippen LogP contribution in [0.25, 0.3) is 0 Å². The zero-order valence-corrected chi connectivity index (χ0v) is 17.4. The van der Waals surface area contributed by atoms with Gasteiger partial charge < -0.3 is 14.7 Å². The lowest BCUT2D eigenvalue weighted by Gasteiger charge is -2.34. The SMILES string of the molecule is Cc1ccc(N2NC(C(=O)N3CCC(C(=O)Nc4cc(C)on4)CC3)=NCC2=O)cc1. The molecule has 162 valence electrons. The lowest BCUT2D eigenvalue weighted by atomic mass is 9.96. The zero-order valence-electron chi connectivity index (χ0n) is 17.4. The Kier molecular flexibility index (Phi) is 5.70. The molecule has 2 aromatic rings. The fourth-order valence-corrected chi connectivity index (χ4v) is 3.59. The highest BCUT2D eigenvalue weighted by molar-refractivity contribution is 6.39. The summed E-state index contributed by atoms with van der Waals surface area (Å²) in [5.74, 6) is 0.269. The molecule has 10 heteroatoms. The van der Waals surface area contributed by atoms with E-state index in [1.165, 1.54) is 5.01 Å². The van der Waals surface area contributed by atoms with Crippen molar-refractivity contribution >= 4 is 35.1 Å². The van der Waals surface area contributed by atoms with Gasteiger partial charge in [-0.15, -0.1) is 0 Å². The van der Waals surface area contributed by atoms with Crippen LogP contribution in [0.5, 0.6) is 0 Å². The van der Waals surface area contributed by atoms with Gasteiger partial charge in [-0.05, 0) is 38.8 Å². The molecule has 1 aromatic heterocycles. The summed E-state index contributed by atoms with van der Waals surface area (Å²) in [6.45, 7) is 4.46. The maximum atomic E-state index is 12.9. The highest BCUT2D eigenvalue weighted by Gasteiger charge is 2.32. The lowest BCUT2D eigenvalue weighted by Crippen LogP contribution is -2.57. The van der Waals surface area contributed by atoms with Crippen LogP contribution in [0.2, 0.25) is 0 Å². The largest absolute Gasteiger partial charge is 0.360 e. The maximum Gasteiger partial charge on any atom is 0.290 e. The number of carbonyl (C=O) groups is 3. The third-order valence-corrected chi connectivity index (χ3v) is 5.37. The Hall–Kier alpha value is -3.69. The molecule has 2 aliphatic rings. The van der Waals surface area contributed by atoms with Crippen molar-refractivity contribution in [3.63, 3.8) is 0 Å². The van der Waals surface area contributed by atoms with Gasteiger partial charge in [0.05, 0.1) is 5.69 Å². The van der Waals surface area contributed by atoms with Gasteiger partial charge in [-0.25, -0.2) is 5.01 Å². The topological polar surface area (TPSA) is 120 Å². The fraction of sp³-hybridized carbons (Fsp3) is 0.381. The van der Waals surface area contributed by atoms with Crippen molar-refractivity contribution in [1.29, 1.82) is 0 Å². The second-order valence-electron chi connectivity index (χ2n) is 7.72. The van der Waals surface area contributed by atoms with Gasteiger partial charge >= 0.3 is 0 Å². The lowest BCUT2D eigenvalue weighted by molar-refractivity contribution is -0.129. The first-order chi connectivity index (χ1) is 14.9. The predicted octanol–water partition coefficient (Wildman–Crippen LogP) is 1.42. The van der Waals surface area contributed by atoms with Gasteiger partial charge in [0.1, 0.15) is 12.3 Å². The first kappa shape index (κ1) is 20.6. The average molecular weight is 424 g/mol. The second kappa shape index (κ2) is 8.58. The van der Waals surface area contributed by atoms with E-state index in [9.17, 15) is 14.4 Å². The van der Waals surface area contributed by atoms with Crippen molar-refractivity contribution in [2.45, 2.75) is 26.7 Å². The number of hydrazine groups is 1. The second-order valence-corrected chi connectivity index (χ2v) is 7.72. The Labute approximate surface area is 179 Å². The minimum Gasteiger partial charge on any atom is -0.360 e. The molecule has 3 amide bonds. The number of amidine groups is 1. The number of likely N-dealkylation sites (tertiary alicyclic amines) is 1. The predicted molar refractivity (Wildman–Crippen MR) is 113 cm³/mol. The summed E-state index contributed by atoms with van der Waals surface area (Å²) in [4.78, 5) is 43.4. The number of nitrogens with one attached hydrogen (secondary N) is 2. The molecule has 31 heavy (non-hydrogen) atoms. The van der Waals surface area contributed by atoms with Crippen LogP contribution in [0.4, 0.5) is 11.5 Å². The molecule has 0 spiro atoms. The molecule has 1 saturated heterocycles. The van der Waals surface area contributed by atoms with Gasteiger partial charge in [-0.3, -0.25) is 24.8 Å². The standard InChI is InChI=1S/C21H24N6O4/c1-13-3-5-16(6-4-13)27-18(28)12-22-19(24-27)21(30)26-9-7-15(8-10-26)20(29)23-17-11-14(2)31-25-17/h3-6,11,15H,7-10,12H2,1-2H3,(H,22,24)(H,23,25,29). The Morgan fingerprint density at radius 3 is 2.52 bits per heavy atom. The number of piperidine rings is 1. The number of amides is 3. The molecule has 4 rings (SSSR count). The van der Waals surface area contributed by atoms with Crippen LogP contribution >= 0.6 is 0 Å². The van der Waals surface area contributed by atoms with Crippen molar-refractivity contribution in [3.8, 4) is 0 Å². The summed E-state index contributed by atoms with van der Waals surface area (Å²) in [6.07, 6.45) is 1.06. The number of aryl methyl sites for hydroxylation is 2. The average Bonchev–Trinajstić information content (AvgIpc) is 3.19. The van der Waals surface area contributed by atoms with Crippen LogP contribution in [0, 0.1) is 19.8 Å². The molecule has 3 heterocycles. The number of aliphatic imine (C=N–C) groups is 1. The quantitative estimate of drug-likeness (QED) is 0.766. The summed E-state index contributed by atoms with van der Waals surface area (Å²) < 4.78 is 4.96. The summed E-state index contributed by atoms with van der Waals surface area (Å²) in [5, 5.41) is 7.86. The van der Waals surface area contributed by atoms with Crippen molar-refractivity contribution in [2.24, 2.45) is 10.9 Å². The van der Waals surface area contributed by atoms with Crippen LogP contribution in [-0.2, 0) is 14.4 Å². The van der Waals surface area contributed by atoms with Crippen molar-refractivity contribution in [2.75, 3.05) is 30.0 Å². The van der Waals surface area contributed by atoms with Gasteiger partial charge in [-0.2, -0.15) is 0 Å². The van der Waals surface area contributed by atoms with Crippen LogP contribution < -0.4 is 15.8 Å². The molecular weight excluding hydrogens is 400 g/mol. The summed E-state index contributed by atoms with van der Waals surface area (Å²) >= 11 is 0. The monoisotopic (exact) mass is 424 g/mol. The number of rotatable bonds is 4. The van der Waals surface area contributed by atoms with E-state index in [2.05, 4.69) is 20.9 Å². The molecule has 0 bridgehead atoms. The zero-order chi connectivity index (χ0) is 22.0. The molecule has 1 aromatic carbocycles. The summed E-state index contributed by atoms with van der Waals surface area (Å²) in [5.41, 5.74) is 4.57. The molecule has 0 radical (unpaired) electrons. The molecule has 1 fully saturated rings. The first-order valence-electron chi connectivity index (χ1n) is 10.1. The van der Waals surface area contributed by atoms with E-state index in [0.29, 0.717) is 43.2 Å². The Morgan fingerprint density at radius 1 is 1.16 bits per heavy atom. The van der Waals surface area contributed by atoms with Gasteiger partial charge in [0.15, 0.2) is 5.82 Å². The van der Waals surface area contributed by atoms with Crippen LogP contribution in [-0.4, -0.2) is 53.2 Å². The minimum atomic E-state index is -0.282. The number of anilines is 2. The third-order valence-electron chi connectivity index (χ3n) is 5.37. The number of carbonyl (C=O) groups excluding carboxylic acids is 3. The van der Waals surface area contributed by atoms with Crippen LogP contribution in [0.15, 0.2) is 39.8 Å². The van der Waals surface area contributed by atoms with Crippen molar-refractivity contribution < 1.29 is 18.9 Å². The first-order valence-corrected chi connectivity index (χ1v) is 10.1. The molecule has 0 atom stereocenters. The van der Waals surface area contributed by atoms with Crippen LogP contribution in [0.3, 0.4) is 0 Å². The Bertz CT molecular complexity index is 1020. The van der Waals surface area contributed by atoms with Gasteiger partial charge in [0.2, 0.25) is 11.7 Å². The maximum absolute atomic E-state index is 12.9. The number of hydrogen-bond acceptors (Lipinski definition) is 7. The molecular formula is C21H24N6O4. The molecule has 0 saturated carbocycles. The molecule has 0 aliphatic carbocycles. The third kappa shape index (κ3) is 4.57. The normalized spacial score (nSPS) is 17.2. The highest BCUT2D eigenvalue weighted by atomic mass is 16.5. The van der Waals surface area contributed by atoms with E-state index < -0.39 is 0 Å². The van der Waals surface area contributed by atoms with Crippen molar-refractivity contribution in [3.05, 3.63) is 41.7 Å². The highest BCUT2D eigenvalue weighted by Crippen LogP contribution is 2.21. The smallest absolute Gasteiger partial charge is 0.290 e. The van der Waals surface area contributed by atoms with E-state index in [-0.39, 0.29) is 36.0 Å². The van der Waals surface area contributed by atoms with E-state index >= 15 is 0 Å².